The van der Waals surface area contributed by atoms with E-state index < -0.39 is 5.91 Å². The second-order valence-corrected chi connectivity index (χ2v) is 7.76. The molecule has 6 nitrogen and oxygen atoms in total. The molecular weight excluding hydrogens is 527 g/mol. The molecule has 1 aromatic heterocycles. The Morgan fingerprint density at radius 2 is 1.89 bits per heavy atom. The van der Waals surface area contributed by atoms with Crippen molar-refractivity contribution in [1.29, 1.82) is 0 Å². The molecule has 3 rings (SSSR count). The van der Waals surface area contributed by atoms with E-state index >= 15 is 0 Å². The second-order valence-electron chi connectivity index (χ2n) is 5.68. The standard InChI is InChI=1S/C19H16BrIN2O4/c1-10-4-15(25-2)16(26-3)7-12(10)9-22-23-19(24)17-6-11-5-13(20)8-14(21)18(11)27-17/h4-9H,1-3H3,(H,23,24)/b22-9-. The molecule has 0 radical (unpaired) electrons. The third-order valence-corrected chi connectivity index (χ3v) is 5.16. The van der Waals surface area contributed by atoms with Crippen molar-refractivity contribution in [2.75, 3.05) is 14.2 Å². The fourth-order valence-corrected chi connectivity index (χ4v) is 4.20. The number of carbonyl (C=O) groups is 1. The first-order valence-corrected chi connectivity index (χ1v) is 9.74. The maximum Gasteiger partial charge on any atom is 0.307 e. The molecule has 0 atom stereocenters. The Labute approximate surface area is 178 Å². The molecule has 140 valence electrons. The Bertz CT molecular complexity index is 1050. The van der Waals surface area contributed by atoms with E-state index in [1.165, 1.54) is 0 Å². The minimum atomic E-state index is -0.424. The number of methoxy groups -OCH3 is 2. The summed E-state index contributed by atoms with van der Waals surface area (Å²) in [7, 11) is 3.15. The molecule has 1 heterocycles. The number of aryl methyl sites for hydroxylation is 1. The molecule has 3 aromatic rings. The number of carbonyl (C=O) groups excluding carboxylic acids is 1. The van der Waals surface area contributed by atoms with E-state index in [0.717, 1.165) is 24.6 Å². The fourth-order valence-electron chi connectivity index (χ4n) is 2.54. The molecule has 0 fully saturated rings. The van der Waals surface area contributed by atoms with Gasteiger partial charge < -0.3 is 13.9 Å². The van der Waals surface area contributed by atoms with Crippen LogP contribution in [0.1, 0.15) is 21.7 Å². The van der Waals surface area contributed by atoms with Crippen molar-refractivity contribution in [2.45, 2.75) is 6.92 Å². The summed E-state index contributed by atoms with van der Waals surface area (Å²) in [4.78, 5) is 12.3. The first kappa shape index (κ1) is 19.7. The summed E-state index contributed by atoms with van der Waals surface area (Å²) < 4.78 is 18.1. The van der Waals surface area contributed by atoms with Gasteiger partial charge in [-0.1, -0.05) is 15.9 Å². The minimum absolute atomic E-state index is 0.196. The number of ether oxygens (including phenoxy) is 2. The molecule has 2 aromatic carbocycles. The maximum absolute atomic E-state index is 12.3. The second kappa shape index (κ2) is 8.30. The number of nitrogens with one attached hydrogen (secondary N) is 1. The van der Waals surface area contributed by atoms with Gasteiger partial charge in [0.2, 0.25) is 0 Å². The van der Waals surface area contributed by atoms with Gasteiger partial charge in [0.15, 0.2) is 17.3 Å². The van der Waals surface area contributed by atoms with E-state index in [-0.39, 0.29) is 5.76 Å². The lowest BCUT2D eigenvalue weighted by Crippen LogP contribution is -2.16. The molecule has 0 saturated heterocycles. The van der Waals surface area contributed by atoms with E-state index in [2.05, 4.69) is 49.0 Å². The largest absolute Gasteiger partial charge is 0.493 e. The third kappa shape index (κ3) is 4.27. The summed E-state index contributed by atoms with van der Waals surface area (Å²) in [6.07, 6.45) is 1.55. The van der Waals surface area contributed by atoms with Crippen LogP contribution in [-0.2, 0) is 0 Å². The maximum atomic E-state index is 12.3. The molecule has 0 aliphatic rings. The average molecular weight is 543 g/mol. The Kier molecular flexibility index (Phi) is 6.05. The van der Waals surface area contributed by atoms with Gasteiger partial charge in [0.05, 0.1) is 24.0 Å². The number of hydrogen-bond acceptors (Lipinski definition) is 5. The fraction of sp³-hybridized carbons (Fsp3) is 0.158. The number of rotatable bonds is 5. The number of hydrazone groups is 1. The number of benzene rings is 2. The number of furan rings is 1. The van der Waals surface area contributed by atoms with Crippen molar-refractivity contribution >= 4 is 61.6 Å². The summed E-state index contributed by atoms with van der Waals surface area (Å²) >= 11 is 5.60. The monoisotopic (exact) mass is 542 g/mol. The molecule has 0 aliphatic carbocycles. The molecule has 0 spiro atoms. The van der Waals surface area contributed by atoms with E-state index in [1.807, 2.05) is 25.1 Å². The molecule has 27 heavy (non-hydrogen) atoms. The van der Waals surface area contributed by atoms with Crippen LogP contribution in [0.25, 0.3) is 11.0 Å². The van der Waals surface area contributed by atoms with Crippen LogP contribution in [0.2, 0.25) is 0 Å². The van der Waals surface area contributed by atoms with Crippen LogP contribution in [-0.4, -0.2) is 26.3 Å². The highest BCUT2D eigenvalue weighted by Crippen LogP contribution is 2.30. The van der Waals surface area contributed by atoms with Gasteiger partial charge in [0.25, 0.3) is 0 Å². The predicted octanol–water partition coefficient (Wildman–Crippen LogP) is 4.89. The highest BCUT2D eigenvalue weighted by molar-refractivity contribution is 14.1. The van der Waals surface area contributed by atoms with E-state index in [1.54, 1.807) is 32.6 Å². The lowest BCUT2D eigenvalue weighted by molar-refractivity contribution is 0.0929. The van der Waals surface area contributed by atoms with Gasteiger partial charge in [-0.25, -0.2) is 5.43 Å². The SMILES string of the molecule is COc1cc(C)c(/C=N\NC(=O)c2cc3cc(Br)cc(I)c3o2)cc1OC. The molecule has 0 saturated carbocycles. The van der Waals surface area contributed by atoms with Gasteiger partial charge >= 0.3 is 5.91 Å². The van der Waals surface area contributed by atoms with Gasteiger partial charge in [-0.2, -0.15) is 5.10 Å². The average Bonchev–Trinajstić information content (AvgIpc) is 3.07. The van der Waals surface area contributed by atoms with E-state index in [4.69, 9.17) is 13.9 Å². The van der Waals surface area contributed by atoms with Crippen LogP contribution in [0.4, 0.5) is 0 Å². The summed E-state index contributed by atoms with van der Waals surface area (Å²) in [5.41, 5.74) is 4.90. The Hall–Kier alpha value is -2.07. The van der Waals surface area contributed by atoms with Crippen molar-refractivity contribution in [2.24, 2.45) is 5.10 Å². The summed E-state index contributed by atoms with van der Waals surface area (Å²) in [6, 6.07) is 9.15. The molecule has 0 aliphatic heterocycles. The van der Waals surface area contributed by atoms with E-state index in [0.29, 0.717) is 17.1 Å². The molecule has 0 bridgehead atoms. The van der Waals surface area contributed by atoms with Crippen molar-refractivity contribution in [3.05, 3.63) is 55.3 Å². The zero-order chi connectivity index (χ0) is 19.6. The number of halogens is 2. The van der Waals surface area contributed by atoms with Crippen molar-refractivity contribution in [3.8, 4) is 11.5 Å². The highest BCUT2D eigenvalue weighted by Gasteiger charge is 2.14. The van der Waals surface area contributed by atoms with Crippen molar-refractivity contribution in [1.82, 2.24) is 5.43 Å². The molecule has 0 unspecified atom stereocenters. The molecule has 1 amide bonds. The van der Waals surface area contributed by atoms with Gasteiger partial charge in [-0.15, -0.1) is 0 Å². The topological polar surface area (TPSA) is 73.1 Å². The Morgan fingerprint density at radius 3 is 2.59 bits per heavy atom. The van der Waals surface area contributed by atoms with E-state index in [9.17, 15) is 4.79 Å². The Balaban J connectivity index is 1.79. The number of nitrogens with zero attached hydrogens (tertiary/aromatic N) is 1. The van der Waals surface area contributed by atoms with Crippen molar-refractivity contribution in [3.63, 3.8) is 0 Å². The summed E-state index contributed by atoms with van der Waals surface area (Å²) in [6.45, 7) is 1.92. The van der Waals surface area contributed by atoms with Crippen LogP contribution in [0.15, 0.2) is 44.3 Å². The first-order valence-electron chi connectivity index (χ1n) is 7.87. The van der Waals surface area contributed by atoms with Crippen molar-refractivity contribution < 1.29 is 18.7 Å². The first-order chi connectivity index (χ1) is 12.9. The van der Waals surface area contributed by atoms with Crippen LogP contribution >= 0.6 is 38.5 Å². The Morgan fingerprint density at radius 1 is 1.19 bits per heavy atom. The predicted molar refractivity (Wildman–Crippen MR) is 116 cm³/mol. The lowest BCUT2D eigenvalue weighted by atomic mass is 10.1. The number of amides is 1. The zero-order valence-corrected chi connectivity index (χ0v) is 18.5. The van der Waals surface area contributed by atoms with Gasteiger partial charge in [0.1, 0.15) is 5.58 Å². The van der Waals surface area contributed by atoms with Crippen LogP contribution in [0.5, 0.6) is 11.5 Å². The van der Waals surface area contributed by atoms with Gasteiger partial charge in [-0.05, 0) is 65.4 Å². The van der Waals surface area contributed by atoms with Crippen LogP contribution in [0.3, 0.4) is 0 Å². The summed E-state index contributed by atoms with van der Waals surface area (Å²) in [5.74, 6) is 1.00. The minimum Gasteiger partial charge on any atom is -0.493 e. The van der Waals surface area contributed by atoms with Crippen LogP contribution < -0.4 is 14.9 Å². The van der Waals surface area contributed by atoms with Gasteiger partial charge in [-0.3, -0.25) is 4.79 Å². The number of hydrogen-bond donors (Lipinski definition) is 1. The smallest absolute Gasteiger partial charge is 0.307 e. The zero-order valence-electron chi connectivity index (χ0n) is 14.8. The normalized spacial score (nSPS) is 11.1. The quantitative estimate of drug-likeness (QED) is 0.283. The summed E-state index contributed by atoms with van der Waals surface area (Å²) in [5, 5.41) is 4.87. The highest BCUT2D eigenvalue weighted by atomic mass is 127. The molecule has 1 N–H and O–H groups in total. The lowest BCUT2D eigenvalue weighted by Gasteiger charge is -2.10. The molecular formula is C19H16BrIN2O4. The van der Waals surface area contributed by atoms with Gasteiger partial charge in [0, 0.05) is 15.4 Å². The van der Waals surface area contributed by atoms with Crippen LogP contribution in [0, 0.1) is 10.5 Å². The third-order valence-electron chi connectivity index (χ3n) is 3.90. The molecule has 8 heteroatoms. The number of fused-ring (bicyclic) bond motifs is 1.